The average molecular weight is 402 g/mol. The molecule has 29 heavy (non-hydrogen) atoms. The Morgan fingerprint density at radius 2 is 1.79 bits per heavy atom. The summed E-state index contributed by atoms with van der Waals surface area (Å²) in [6, 6.07) is 5.60. The summed E-state index contributed by atoms with van der Waals surface area (Å²) in [5.41, 5.74) is 2.88. The van der Waals surface area contributed by atoms with E-state index in [0.717, 1.165) is 23.0 Å². The summed E-state index contributed by atoms with van der Waals surface area (Å²) in [6.45, 7) is 12.5. The van der Waals surface area contributed by atoms with Crippen molar-refractivity contribution >= 4 is 17.4 Å². The Morgan fingerprint density at radius 3 is 2.38 bits per heavy atom. The quantitative estimate of drug-likeness (QED) is 0.748. The number of benzene rings is 1. The Hall–Kier alpha value is -2.50. The Balaban J connectivity index is 1.89. The monoisotopic (exact) mass is 401 g/mol. The molecule has 0 saturated heterocycles. The van der Waals surface area contributed by atoms with Crippen LogP contribution in [0.15, 0.2) is 24.3 Å². The minimum Gasteiger partial charge on any atom is -0.360 e. The fourth-order valence-electron chi connectivity index (χ4n) is 3.80. The van der Waals surface area contributed by atoms with Gasteiger partial charge in [0.25, 0.3) is 0 Å². The maximum Gasteiger partial charge on any atom is 0.226 e. The molecule has 6 heteroatoms. The number of halogens is 2. The Morgan fingerprint density at radius 1 is 1.17 bits per heavy atom. The molecule has 0 spiro atoms. The second-order valence-electron chi connectivity index (χ2n) is 9.76. The van der Waals surface area contributed by atoms with Crippen LogP contribution in [0.3, 0.4) is 0 Å². The van der Waals surface area contributed by atoms with Gasteiger partial charge >= 0.3 is 0 Å². The lowest BCUT2D eigenvalue weighted by atomic mass is 9.92. The number of aryl methyl sites for hydroxylation is 1. The Labute approximate surface area is 171 Å². The highest BCUT2D eigenvalue weighted by molar-refractivity contribution is 5.91. The molecule has 1 aromatic carbocycles. The van der Waals surface area contributed by atoms with Crippen molar-refractivity contribution < 1.29 is 13.6 Å². The fraction of sp³-hybridized carbons (Fsp3) is 0.478. The standard InChI is InChI=1S/C23H29F2N3O/c1-14-7-19-18(26-21(14)27-20(29)12-22(2,3)4)11-23(5,6)28(19)13-15-8-16(24)10-17(25)9-15/h7-10H,11-13H2,1-6H3,(H,26,27,29). The zero-order chi connectivity index (χ0) is 21.6. The lowest BCUT2D eigenvalue weighted by Gasteiger charge is -2.34. The highest BCUT2D eigenvalue weighted by atomic mass is 19.1. The van der Waals surface area contributed by atoms with Crippen LogP contribution >= 0.6 is 0 Å². The predicted molar refractivity (Wildman–Crippen MR) is 112 cm³/mol. The van der Waals surface area contributed by atoms with Crippen LogP contribution in [0, 0.1) is 24.0 Å². The van der Waals surface area contributed by atoms with Crippen molar-refractivity contribution in [2.45, 2.75) is 66.5 Å². The van der Waals surface area contributed by atoms with Gasteiger partial charge < -0.3 is 10.2 Å². The maximum atomic E-state index is 13.6. The zero-order valence-corrected chi connectivity index (χ0v) is 18.0. The molecule has 2 heterocycles. The van der Waals surface area contributed by atoms with Crippen LogP contribution in [-0.2, 0) is 17.8 Å². The van der Waals surface area contributed by atoms with Crippen LogP contribution in [0.4, 0.5) is 20.3 Å². The second-order valence-corrected chi connectivity index (χ2v) is 9.76. The lowest BCUT2D eigenvalue weighted by Crippen LogP contribution is -2.40. The maximum absolute atomic E-state index is 13.6. The topological polar surface area (TPSA) is 45.2 Å². The van der Waals surface area contributed by atoms with Crippen LogP contribution in [-0.4, -0.2) is 16.4 Å². The molecule has 3 rings (SSSR count). The number of nitrogens with zero attached hydrogens (tertiary/aromatic N) is 2. The zero-order valence-electron chi connectivity index (χ0n) is 18.0. The van der Waals surface area contributed by atoms with E-state index in [4.69, 9.17) is 4.98 Å². The molecule has 0 aliphatic carbocycles. The molecule has 0 bridgehead atoms. The minimum absolute atomic E-state index is 0.0580. The number of rotatable bonds is 4. The number of carbonyl (C=O) groups excluding carboxylic acids is 1. The molecule has 0 saturated carbocycles. The lowest BCUT2D eigenvalue weighted by molar-refractivity contribution is -0.117. The molecule has 0 fully saturated rings. The number of hydrogen-bond acceptors (Lipinski definition) is 3. The highest BCUT2D eigenvalue weighted by Gasteiger charge is 2.37. The van der Waals surface area contributed by atoms with Crippen LogP contribution in [0.1, 0.15) is 57.9 Å². The van der Waals surface area contributed by atoms with Crippen molar-refractivity contribution in [3.05, 3.63) is 52.7 Å². The predicted octanol–water partition coefficient (Wildman–Crippen LogP) is 5.38. The third-order valence-electron chi connectivity index (χ3n) is 5.10. The van der Waals surface area contributed by atoms with E-state index < -0.39 is 11.6 Å². The molecule has 1 N–H and O–H groups in total. The molecule has 1 aromatic heterocycles. The molecule has 0 unspecified atom stereocenters. The smallest absolute Gasteiger partial charge is 0.226 e. The first-order valence-electron chi connectivity index (χ1n) is 9.87. The summed E-state index contributed by atoms with van der Waals surface area (Å²) in [7, 11) is 0. The summed E-state index contributed by atoms with van der Waals surface area (Å²) in [6.07, 6.45) is 1.09. The number of carbonyl (C=O) groups is 1. The summed E-state index contributed by atoms with van der Waals surface area (Å²) in [5.74, 6) is -0.642. The van der Waals surface area contributed by atoms with E-state index in [1.165, 1.54) is 12.1 Å². The third-order valence-corrected chi connectivity index (χ3v) is 5.10. The van der Waals surface area contributed by atoms with E-state index in [0.29, 0.717) is 30.8 Å². The van der Waals surface area contributed by atoms with Gasteiger partial charge in [-0.3, -0.25) is 4.79 Å². The fourth-order valence-corrected chi connectivity index (χ4v) is 3.80. The van der Waals surface area contributed by atoms with Gasteiger partial charge in [-0.2, -0.15) is 0 Å². The SMILES string of the molecule is Cc1cc2c(nc1NC(=O)CC(C)(C)C)CC(C)(C)N2Cc1cc(F)cc(F)c1. The molecule has 1 aliphatic heterocycles. The first-order valence-corrected chi connectivity index (χ1v) is 9.87. The molecular weight excluding hydrogens is 372 g/mol. The van der Waals surface area contributed by atoms with Crippen molar-refractivity contribution in [3.63, 3.8) is 0 Å². The van der Waals surface area contributed by atoms with E-state index in [2.05, 4.69) is 24.1 Å². The summed E-state index contributed by atoms with van der Waals surface area (Å²) in [4.78, 5) is 19.2. The molecular formula is C23H29F2N3O. The molecule has 2 aromatic rings. The third kappa shape index (κ3) is 4.92. The Kier molecular flexibility index (Phi) is 5.41. The van der Waals surface area contributed by atoms with Gasteiger partial charge in [-0.05, 0) is 55.5 Å². The molecule has 1 amide bonds. The van der Waals surface area contributed by atoms with Crippen molar-refractivity contribution in [1.82, 2.24) is 4.98 Å². The number of anilines is 2. The van der Waals surface area contributed by atoms with Crippen LogP contribution in [0.25, 0.3) is 0 Å². The second kappa shape index (κ2) is 7.39. The van der Waals surface area contributed by atoms with Gasteiger partial charge in [-0.1, -0.05) is 20.8 Å². The average Bonchev–Trinajstić information content (AvgIpc) is 2.75. The summed E-state index contributed by atoms with van der Waals surface area (Å²) in [5, 5.41) is 2.94. The van der Waals surface area contributed by atoms with Gasteiger partial charge in [0.1, 0.15) is 17.5 Å². The number of fused-ring (bicyclic) bond motifs is 1. The number of hydrogen-bond donors (Lipinski definition) is 1. The number of nitrogens with one attached hydrogen (secondary N) is 1. The minimum atomic E-state index is -0.580. The number of pyridine rings is 1. The van der Waals surface area contributed by atoms with Gasteiger partial charge in [-0.25, -0.2) is 13.8 Å². The van der Waals surface area contributed by atoms with E-state index in [1.54, 1.807) is 0 Å². The van der Waals surface area contributed by atoms with E-state index in [9.17, 15) is 13.6 Å². The van der Waals surface area contributed by atoms with Gasteiger partial charge in [0.2, 0.25) is 5.91 Å². The molecule has 0 atom stereocenters. The first kappa shape index (κ1) is 21.2. The summed E-state index contributed by atoms with van der Waals surface area (Å²) >= 11 is 0. The van der Waals surface area contributed by atoms with E-state index in [-0.39, 0.29) is 16.9 Å². The van der Waals surface area contributed by atoms with Gasteiger partial charge in [-0.15, -0.1) is 0 Å². The highest BCUT2D eigenvalue weighted by Crippen LogP contribution is 2.40. The van der Waals surface area contributed by atoms with Crippen molar-refractivity contribution in [2.75, 3.05) is 10.2 Å². The van der Waals surface area contributed by atoms with Crippen molar-refractivity contribution in [2.24, 2.45) is 5.41 Å². The van der Waals surface area contributed by atoms with Crippen LogP contribution in [0.5, 0.6) is 0 Å². The van der Waals surface area contributed by atoms with Crippen molar-refractivity contribution in [3.8, 4) is 0 Å². The largest absolute Gasteiger partial charge is 0.360 e. The molecule has 0 radical (unpaired) electrons. The Bertz CT molecular complexity index is 928. The summed E-state index contributed by atoms with van der Waals surface area (Å²) < 4.78 is 27.3. The molecule has 156 valence electrons. The first-order chi connectivity index (χ1) is 13.3. The van der Waals surface area contributed by atoms with E-state index >= 15 is 0 Å². The van der Waals surface area contributed by atoms with E-state index in [1.807, 2.05) is 33.8 Å². The van der Waals surface area contributed by atoms with Crippen molar-refractivity contribution in [1.29, 1.82) is 0 Å². The number of aromatic nitrogens is 1. The van der Waals surface area contributed by atoms with Crippen LogP contribution in [0.2, 0.25) is 0 Å². The van der Waals surface area contributed by atoms with Gasteiger partial charge in [0.05, 0.1) is 11.4 Å². The molecule has 1 aliphatic rings. The number of amides is 1. The van der Waals surface area contributed by atoms with Gasteiger partial charge in [0.15, 0.2) is 0 Å². The normalized spacial score (nSPS) is 15.4. The van der Waals surface area contributed by atoms with Crippen LogP contribution < -0.4 is 10.2 Å². The molecule has 4 nitrogen and oxygen atoms in total. The van der Waals surface area contributed by atoms with Gasteiger partial charge in [0, 0.05) is 31.0 Å².